The fourth-order valence-electron chi connectivity index (χ4n) is 2.92. The van der Waals surface area contributed by atoms with E-state index < -0.39 is 0 Å². The molecule has 1 aliphatic carbocycles. The molecule has 0 aliphatic heterocycles. The van der Waals surface area contributed by atoms with Gasteiger partial charge >= 0.3 is 0 Å². The number of hydrogen-bond acceptors (Lipinski definition) is 4. The number of amides is 1. The van der Waals surface area contributed by atoms with Gasteiger partial charge < -0.3 is 10.1 Å². The van der Waals surface area contributed by atoms with E-state index in [0.717, 1.165) is 46.6 Å². The molecule has 0 radical (unpaired) electrons. The quantitative estimate of drug-likeness (QED) is 0.939. The van der Waals surface area contributed by atoms with Crippen LogP contribution in [0.3, 0.4) is 0 Å². The second kappa shape index (κ2) is 6.12. The maximum Gasteiger partial charge on any atom is 0.227 e. The molecule has 1 aromatic carbocycles. The summed E-state index contributed by atoms with van der Waals surface area (Å²) in [6.45, 7) is 2.00. The van der Waals surface area contributed by atoms with Crippen LogP contribution < -0.4 is 5.32 Å². The predicted octanol–water partition coefficient (Wildman–Crippen LogP) is 3.75. The molecule has 0 unspecified atom stereocenters. The number of ether oxygens (including phenoxy) is 1. The Morgan fingerprint density at radius 2 is 2.10 bits per heavy atom. The normalized spacial score (nSPS) is 22.4. The molecule has 1 N–H and O–H groups in total. The van der Waals surface area contributed by atoms with E-state index in [9.17, 15) is 4.79 Å². The highest BCUT2D eigenvalue weighted by Crippen LogP contribution is 2.28. The summed E-state index contributed by atoms with van der Waals surface area (Å²) in [6, 6.07) is 5.91. The van der Waals surface area contributed by atoms with Crippen molar-refractivity contribution in [1.82, 2.24) is 4.98 Å². The minimum atomic E-state index is 0.107. The SMILES string of the molecule is COC1CCC(C(=O)Nc2ccc3nc(C)sc3c2)CC1. The van der Waals surface area contributed by atoms with Gasteiger partial charge in [-0.3, -0.25) is 4.79 Å². The van der Waals surface area contributed by atoms with Gasteiger partial charge in [0, 0.05) is 18.7 Å². The lowest BCUT2D eigenvalue weighted by Gasteiger charge is -2.26. The molecule has 0 spiro atoms. The van der Waals surface area contributed by atoms with Gasteiger partial charge in [-0.2, -0.15) is 0 Å². The van der Waals surface area contributed by atoms with Crippen molar-refractivity contribution in [2.24, 2.45) is 5.92 Å². The van der Waals surface area contributed by atoms with Gasteiger partial charge in [0.15, 0.2) is 0 Å². The lowest BCUT2D eigenvalue weighted by atomic mass is 9.87. The zero-order chi connectivity index (χ0) is 14.8. The Balaban J connectivity index is 1.65. The lowest BCUT2D eigenvalue weighted by Crippen LogP contribution is -2.29. The van der Waals surface area contributed by atoms with Crippen molar-refractivity contribution in [2.45, 2.75) is 38.7 Å². The summed E-state index contributed by atoms with van der Waals surface area (Å²) in [5.74, 6) is 0.237. The van der Waals surface area contributed by atoms with Gasteiger partial charge in [0.1, 0.15) is 0 Å². The first kappa shape index (κ1) is 14.5. The molecule has 1 aliphatic rings. The molecule has 1 saturated carbocycles. The highest BCUT2D eigenvalue weighted by molar-refractivity contribution is 7.18. The summed E-state index contributed by atoms with van der Waals surface area (Å²) in [4.78, 5) is 16.8. The number of thiazole rings is 1. The third kappa shape index (κ3) is 3.24. The van der Waals surface area contributed by atoms with Gasteiger partial charge in [0.05, 0.1) is 21.3 Å². The topological polar surface area (TPSA) is 51.2 Å². The van der Waals surface area contributed by atoms with E-state index in [1.54, 1.807) is 18.4 Å². The number of anilines is 1. The van der Waals surface area contributed by atoms with Crippen LogP contribution in [0.25, 0.3) is 10.2 Å². The minimum Gasteiger partial charge on any atom is -0.381 e. The molecule has 1 amide bonds. The maximum absolute atomic E-state index is 12.3. The molecular weight excluding hydrogens is 284 g/mol. The highest BCUT2D eigenvalue weighted by atomic mass is 32.1. The summed E-state index contributed by atoms with van der Waals surface area (Å²) in [5.41, 5.74) is 1.86. The molecule has 112 valence electrons. The second-order valence-corrected chi connectivity index (χ2v) is 6.85. The van der Waals surface area contributed by atoms with Crippen LogP contribution in [-0.4, -0.2) is 24.1 Å². The van der Waals surface area contributed by atoms with Crippen LogP contribution in [0, 0.1) is 12.8 Å². The molecule has 0 saturated heterocycles. The van der Waals surface area contributed by atoms with Crippen LogP contribution >= 0.6 is 11.3 Å². The largest absolute Gasteiger partial charge is 0.381 e. The molecule has 3 rings (SSSR count). The van der Waals surface area contributed by atoms with E-state index >= 15 is 0 Å². The van der Waals surface area contributed by atoms with E-state index in [2.05, 4.69) is 10.3 Å². The molecule has 1 fully saturated rings. The van der Waals surface area contributed by atoms with Crippen LogP contribution in [0.5, 0.6) is 0 Å². The molecule has 2 aromatic rings. The second-order valence-electron chi connectivity index (χ2n) is 5.61. The molecule has 4 nitrogen and oxygen atoms in total. The molecule has 5 heteroatoms. The van der Waals surface area contributed by atoms with Gasteiger partial charge in [-0.15, -0.1) is 11.3 Å². The van der Waals surface area contributed by atoms with Crippen molar-refractivity contribution in [3.63, 3.8) is 0 Å². The summed E-state index contributed by atoms with van der Waals surface area (Å²) >= 11 is 1.65. The van der Waals surface area contributed by atoms with E-state index in [-0.39, 0.29) is 11.8 Å². The van der Waals surface area contributed by atoms with Crippen LogP contribution in [0.1, 0.15) is 30.7 Å². The first-order chi connectivity index (χ1) is 10.2. The number of nitrogens with zero attached hydrogens (tertiary/aromatic N) is 1. The third-order valence-corrected chi connectivity index (χ3v) is 5.07. The number of nitrogens with one attached hydrogen (secondary N) is 1. The Kier molecular flexibility index (Phi) is 4.22. The number of hydrogen-bond donors (Lipinski definition) is 1. The van der Waals surface area contributed by atoms with E-state index in [4.69, 9.17) is 4.74 Å². The van der Waals surface area contributed by atoms with Crippen molar-refractivity contribution in [1.29, 1.82) is 0 Å². The number of carbonyl (C=O) groups is 1. The van der Waals surface area contributed by atoms with Gasteiger partial charge in [-0.25, -0.2) is 4.98 Å². The van der Waals surface area contributed by atoms with Crippen molar-refractivity contribution >= 4 is 33.1 Å². The Morgan fingerprint density at radius 3 is 2.81 bits per heavy atom. The maximum atomic E-state index is 12.3. The fourth-order valence-corrected chi connectivity index (χ4v) is 3.79. The third-order valence-electron chi connectivity index (χ3n) is 4.14. The standard InChI is InChI=1S/C16H20N2O2S/c1-10-17-14-8-5-12(9-15(14)21-10)18-16(19)11-3-6-13(20-2)7-4-11/h5,8-9,11,13H,3-4,6-7H2,1-2H3,(H,18,19). The minimum absolute atomic E-state index is 0.107. The molecule has 21 heavy (non-hydrogen) atoms. The van der Waals surface area contributed by atoms with Crippen molar-refractivity contribution in [2.75, 3.05) is 12.4 Å². The first-order valence-electron chi connectivity index (χ1n) is 7.36. The summed E-state index contributed by atoms with van der Waals surface area (Å²) < 4.78 is 6.47. The molecule has 1 aromatic heterocycles. The van der Waals surface area contributed by atoms with Crippen LogP contribution in [-0.2, 0) is 9.53 Å². The summed E-state index contributed by atoms with van der Waals surface area (Å²) in [5, 5.41) is 4.09. The average Bonchev–Trinajstić information content (AvgIpc) is 2.86. The van der Waals surface area contributed by atoms with Gasteiger partial charge in [0.2, 0.25) is 5.91 Å². The van der Waals surface area contributed by atoms with Crippen molar-refractivity contribution in [3.8, 4) is 0 Å². The number of aromatic nitrogens is 1. The zero-order valence-electron chi connectivity index (χ0n) is 12.4. The Hall–Kier alpha value is -1.46. The average molecular weight is 304 g/mol. The van der Waals surface area contributed by atoms with Crippen LogP contribution in [0.4, 0.5) is 5.69 Å². The van der Waals surface area contributed by atoms with E-state index in [1.165, 1.54) is 0 Å². The number of benzene rings is 1. The first-order valence-corrected chi connectivity index (χ1v) is 8.18. The number of carbonyl (C=O) groups excluding carboxylic acids is 1. The Bertz CT molecular complexity index is 645. The monoisotopic (exact) mass is 304 g/mol. The smallest absolute Gasteiger partial charge is 0.227 e. The van der Waals surface area contributed by atoms with Crippen LogP contribution in [0.2, 0.25) is 0 Å². The number of fused-ring (bicyclic) bond motifs is 1. The number of methoxy groups -OCH3 is 1. The van der Waals surface area contributed by atoms with E-state index in [1.807, 2.05) is 25.1 Å². The van der Waals surface area contributed by atoms with Crippen molar-refractivity contribution in [3.05, 3.63) is 23.2 Å². The predicted molar refractivity (Wildman–Crippen MR) is 85.7 cm³/mol. The Labute approximate surface area is 128 Å². The zero-order valence-corrected chi connectivity index (χ0v) is 13.2. The number of rotatable bonds is 3. The van der Waals surface area contributed by atoms with Gasteiger partial charge in [-0.05, 0) is 50.8 Å². The summed E-state index contributed by atoms with van der Waals surface area (Å²) in [6.07, 6.45) is 4.09. The molecule has 0 atom stereocenters. The van der Waals surface area contributed by atoms with E-state index in [0.29, 0.717) is 6.10 Å². The highest BCUT2D eigenvalue weighted by Gasteiger charge is 2.26. The van der Waals surface area contributed by atoms with Crippen LogP contribution in [0.15, 0.2) is 18.2 Å². The molecule has 1 heterocycles. The molecule has 0 bridgehead atoms. The number of aryl methyl sites for hydroxylation is 1. The Morgan fingerprint density at radius 1 is 1.33 bits per heavy atom. The van der Waals surface area contributed by atoms with Gasteiger partial charge in [-0.1, -0.05) is 0 Å². The van der Waals surface area contributed by atoms with Crippen molar-refractivity contribution < 1.29 is 9.53 Å². The summed E-state index contributed by atoms with van der Waals surface area (Å²) in [7, 11) is 1.75. The lowest BCUT2D eigenvalue weighted by molar-refractivity contribution is -0.121. The fraction of sp³-hybridized carbons (Fsp3) is 0.500. The molecular formula is C16H20N2O2S. The van der Waals surface area contributed by atoms with Gasteiger partial charge in [0.25, 0.3) is 0 Å².